The number of carboxylic acids is 2. The molecule has 1 heterocycles. The zero-order valence-corrected chi connectivity index (χ0v) is 10.6. The summed E-state index contributed by atoms with van der Waals surface area (Å²) in [6.07, 6.45) is -1.13. The molecular formula is C8H13NaO6. The van der Waals surface area contributed by atoms with Gasteiger partial charge >= 0.3 is 41.5 Å². The molecule has 1 aliphatic rings. The van der Waals surface area contributed by atoms with Gasteiger partial charge in [-0.05, 0) is 12.3 Å². The summed E-state index contributed by atoms with van der Waals surface area (Å²) in [6, 6.07) is 0. The van der Waals surface area contributed by atoms with Crippen LogP contribution in [-0.2, 0) is 14.3 Å². The van der Waals surface area contributed by atoms with Crippen molar-refractivity contribution in [2.24, 2.45) is 5.92 Å². The van der Waals surface area contributed by atoms with Gasteiger partial charge in [0.15, 0.2) is 6.10 Å². The van der Waals surface area contributed by atoms with Gasteiger partial charge in [0.05, 0.1) is 0 Å². The van der Waals surface area contributed by atoms with Crippen molar-refractivity contribution in [1.29, 1.82) is 0 Å². The predicted molar refractivity (Wildman–Crippen MR) is 44.6 cm³/mol. The van der Waals surface area contributed by atoms with Crippen molar-refractivity contribution in [1.82, 2.24) is 0 Å². The van der Waals surface area contributed by atoms with E-state index in [0.717, 1.165) is 0 Å². The summed E-state index contributed by atoms with van der Waals surface area (Å²) < 4.78 is 4.62. The molecule has 82 valence electrons. The summed E-state index contributed by atoms with van der Waals surface area (Å²) in [6.45, 7) is 1.67. The first-order valence-corrected chi connectivity index (χ1v) is 4.21. The molecule has 15 heavy (non-hydrogen) atoms. The van der Waals surface area contributed by atoms with Crippen molar-refractivity contribution >= 4 is 11.9 Å². The molecule has 3 atom stereocenters. The van der Waals surface area contributed by atoms with Crippen molar-refractivity contribution in [2.75, 3.05) is 0 Å². The Labute approximate surface area is 110 Å². The third-order valence-corrected chi connectivity index (χ3v) is 2.19. The average Bonchev–Trinajstić information content (AvgIpc) is 2.02. The van der Waals surface area contributed by atoms with E-state index in [9.17, 15) is 14.7 Å². The Kier molecular flexibility index (Phi) is 5.22. The molecule has 7 heteroatoms. The molecule has 6 nitrogen and oxygen atoms in total. The molecule has 0 aliphatic carbocycles. The predicted octanol–water partition coefficient (Wildman–Crippen LogP) is -3.22. The maximum absolute atomic E-state index is 10.6. The van der Waals surface area contributed by atoms with Crippen LogP contribution in [0.2, 0.25) is 0 Å². The molecule has 1 aliphatic heterocycles. The van der Waals surface area contributed by atoms with E-state index in [1.54, 1.807) is 6.92 Å². The molecule has 0 spiro atoms. The molecule has 0 radical (unpaired) electrons. The van der Waals surface area contributed by atoms with Gasteiger partial charge in [0.25, 0.3) is 5.79 Å². The fraction of sp³-hybridized carbons (Fsp3) is 0.750. The number of hydrogen-bond acceptors (Lipinski definition) is 4. The molecule has 0 aromatic carbocycles. The van der Waals surface area contributed by atoms with E-state index in [-0.39, 0.29) is 49.7 Å². The molecule has 3 N–H and O–H groups in total. The van der Waals surface area contributed by atoms with Gasteiger partial charge in [-0.3, -0.25) is 0 Å². The van der Waals surface area contributed by atoms with Crippen LogP contribution < -0.4 is 29.6 Å². The van der Waals surface area contributed by atoms with E-state index in [4.69, 9.17) is 10.2 Å². The molecule has 1 fully saturated rings. The summed E-state index contributed by atoms with van der Waals surface area (Å²) >= 11 is 0. The monoisotopic (exact) mass is 228 g/mol. The topological polar surface area (TPSA) is 104 Å². The zero-order chi connectivity index (χ0) is 10.9. The molecule has 0 saturated carbocycles. The Bertz CT molecular complexity index is 273. The standard InChI is InChI=1S/C8H12O6.Na.H/c1-4-2-5(6(9)10)14-8(13,3-4)7(11)12;;/h4-5,13H,2-3H2,1H3,(H,9,10)(H,11,12);;/q;+1;-1. The first kappa shape index (κ1) is 14.9. The smallest absolute Gasteiger partial charge is 1.00 e. The molecule has 0 aromatic rings. The van der Waals surface area contributed by atoms with Gasteiger partial charge in [-0.1, -0.05) is 6.92 Å². The van der Waals surface area contributed by atoms with Crippen LogP contribution in [0.15, 0.2) is 0 Å². The first-order chi connectivity index (χ1) is 6.35. The van der Waals surface area contributed by atoms with Crippen LogP contribution in [0, 0.1) is 5.92 Å². The summed E-state index contributed by atoms with van der Waals surface area (Å²) in [7, 11) is 0. The Balaban J connectivity index is 0. The number of ether oxygens (including phenoxy) is 1. The summed E-state index contributed by atoms with van der Waals surface area (Å²) in [4.78, 5) is 21.2. The minimum atomic E-state index is -2.36. The Morgan fingerprint density at radius 2 is 2.00 bits per heavy atom. The summed E-state index contributed by atoms with van der Waals surface area (Å²) in [5.74, 6) is -5.36. The summed E-state index contributed by atoms with van der Waals surface area (Å²) in [5.41, 5.74) is 0. The maximum Gasteiger partial charge on any atom is 1.00 e. The second-order valence-electron chi connectivity index (χ2n) is 3.58. The molecular weight excluding hydrogens is 215 g/mol. The fourth-order valence-electron chi connectivity index (χ4n) is 1.54. The molecule has 0 amide bonds. The summed E-state index contributed by atoms with van der Waals surface area (Å²) in [5, 5.41) is 26.7. The number of carbonyl (C=O) groups is 2. The minimum absolute atomic E-state index is 0. The zero-order valence-electron chi connectivity index (χ0n) is 9.64. The van der Waals surface area contributed by atoms with Gasteiger partial charge in [0.1, 0.15) is 0 Å². The molecule has 1 rings (SSSR count). The van der Waals surface area contributed by atoms with Gasteiger partial charge in [-0.15, -0.1) is 0 Å². The minimum Gasteiger partial charge on any atom is -1.00 e. The molecule has 0 bridgehead atoms. The molecule has 3 unspecified atom stereocenters. The van der Waals surface area contributed by atoms with Crippen molar-refractivity contribution in [3.63, 3.8) is 0 Å². The maximum atomic E-state index is 10.6. The second-order valence-corrected chi connectivity index (χ2v) is 3.58. The Hall–Kier alpha value is -0.140. The third-order valence-electron chi connectivity index (χ3n) is 2.19. The van der Waals surface area contributed by atoms with Gasteiger partial charge in [-0.25, -0.2) is 9.59 Å². The van der Waals surface area contributed by atoms with Crippen molar-refractivity contribution in [3.8, 4) is 0 Å². The fourth-order valence-corrected chi connectivity index (χ4v) is 1.54. The van der Waals surface area contributed by atoms with Gasteiger partial charge in [0, 0.05) is 6.42 Å². The Morgan fingerprint density at radius 3 is 2.40 bits per heavy atom. The van der Waals surface area contributed by atoms with E-state index in [2.05, 4.69) is 4.74 Å². The van der Waals surface area contributed by atoms with E-state index < -0.39 is 23.8 Å². The van der Waals surface area contributed by atoms with Gasteiger partial charge in [0.2, 0.25) is 0 Å². The quantitative estimate of drug-likeness (QED) is 0.429. The van der Waals surface area contributed by atoms with Crippen molar-refractivity contribution in [3.05, 3.63) is 0 Å². The van der Waals surface area contributed by atoms with Crippen LogP contribution >= 0.6 is 0 Å². The molecule has 1 saturated heterocycles. The average molecular weight is 228 g/mol. The molecule has 0 aromatic heterocycles. The number of aliphatic carboxylic acids is 2. The first-order valence-electron chi connectivity index (χ1n) is 4.21. The number of carboxylic acid groups (broad SMARTS) is 2. The number of rotatable bonds is 2. The second kappa shape index (κ2) is 5.27. The van der Waals surface area contributed by atoms with E-state index >= 15 is 0 Å². The van der Waals surface area contributed by atoms with Gasteiger partial charge in [-0.2, -0.15) is 0 Å². The van der Waals surface area contributed by atoms with Crippen LogP contribution in [0.1, 0.15) is 21.2 Å². The van der Waals surface area contributed by atoms with E-state index in [1.165, 1.54) is 0 Å². The Morgan fingerprint density at radius 1 is 1.47 bits per heavy atom. The van der Waals surface area contributed by atoms with Crippen molar-refractivity contribution in [2.45, 2.75) is 31.7 Å². The van der Waals surface area contributed by atoms with Gasteiger partial charge < -0.3 is 21.5 Å². The van der Waals surface area contributed by atoms with Crippen LogP contribution in [-0.4, -0.2) is 39.1 Å². The van der Waals surface area contributed by atoms with Crippen LogP contribution in [0.4, 0.5) is 0 Å². The van der Waals surface area contributed by atoms with Crippen LogP contribution in [0.3, 0.4) is 0 Å². The van der Waals surface area contributed by atoms with Crippen molar-refractivity contribution < 1.29 is 60.6 Å². The van der Waals surface area contributed by atoms with Crippen LogP contribution in [0.25, 0.3) is 0 Å². The SMILES string of the molecule is CC1CC(C(=O)O)OC(O)(C(=O)O)C1.[H-].[Na+]. The van der Waals surface area contributed by atoms with E-state index in [0.29, 0.717) is 0 Å². The number of hydrogen-bond donors (Lipinski definition) is 3. The van der Waals surface area contributed by atoms with E-state index in [1.807, 2.05) is 0 Å². The largest absolute Gasteiger partial charge is 1.00 e. The number of aliphatic hydroxyl groups is 1. The normalized spacial score (nSPS) is 35.3. The van der Waals surface area contributed by atoms with Crippen LogP contribution in [0.5, 0.6) is 0 Å². The third kappa shape index (κ3) is 3.42.